The molecule has 1 aromatic carbocycles. The maximum absolute atomic E-state index is 12.2. The molecule has 1 saturated heterocycles. The number of sulfonamides is 1. The number of carbonyl (C=O) groups is 2. The summed E-state index contributed by atoms with van der Waals surface area (Å²) in [5.41, 5.74) is 0.355. The molecule has 1 aliphatic heterocycles. The number of nitrogens with one attached hydrogen (secondary N) is 2. The molecule has 1 aromatic rings. The Bertz CT molecular complexity index is 748. The molecule has 0 aliphatic carbocycles. The molecule has 2 N–H and O–H groups in total. The number of amides is 3. The Morgan fingerprint density at radius 3 is 2.67 bits per heavy atom. The van der Waals surface area contributed by atoms with Crippen molar-refractivity contribution in [3.8, 4) is 5.75 Å². The van der Waals surface area contributed by atoms with Crippen LogP contribution >= 0.6 is 0 Å². The van der Waals surface area contributed by atoms with Crippen LogP contribution in [0.25, 0.3) is 0 Å². The number of ether oxygens (including phenoxy) is 1. The highest BCUT2D eigenvalue weighted by Crippen LogP contribution is 2.28. The van der Waals surface area contributed by atoms with E-state index in [0.717, 1.165) is 9.21 Å². The first kappa shape index (κ1) is 18.0. The molecule has 1 heterocycles. The lowest BCUT2D eigenvalue weighted by Crippen LogP contribution is -2.38. The number of hydrogen-bond acceptors (Lipinski definition) is 6. The molecule has 132 valence electrons. The summed E-state index contributed by atoms with van der Waals surface area (Å²) < 4.78 is 30.7. The van der Waals surface area contributed by atoms with E-state index in [4.69, 9.17) is 4.74 Å². The van der Waals surface area contributed by atoms with Gasteiger partial charge in [0.1, 0.15) is 5.75 Å². The minimum absolute atomic E-state index is 0.0714. The SMILES string of the molecule is COc1ccc(S(=O)(=O)N(C)C)cc1NCC(=O)N1CCNC1=O. The van der Waals surface area contributed by atoms with Gasteiger partial charge in [0.2, 0.25) is 15.9 Å². The van der Waals surface area contributed by atoms with E-state index in [9.17, 15) is 18.0 Å². The van der Waals surface area contributed by atoms with E-state index in [0.29, 0.717) is 24.5 Å². The molecule has 24 heavy (non-hydrogen) atoms. The van der Waals surface area contributed by atoms with Gasteiger partial charge in [-0.1, -0.05) is 0 Å². The van der Waals surface area contributed by atoms with Crippen molar-refractivity contribution in [3.05, 3.63) is 18.2 Å². The third-order valence-corrected chi connectivity index (χ3v) is 5.35. The van der Waals surface area contributed by atoms with Gasteiger partial charge in [0, 0.05) is 27.2 Å². The quantitative estimate of drug-likeness (QED) is 0.737. The Labute approximate surface area is 140 Å². The molecule has 0 aromatic heterocycles. The molecule has 10 heteroatoms. The fourth-order valence-electron chi connectivity index (χ4n) is 2.17. The minimum Gasteiger partial charge on any atom is -0.495 e. The van der Waals surface area contributed by atoms with Gasteiger partial charge in [0.25, 0.3) is 0 Å². The van der Waals surface area contributed by atoms with Crippen molar-refractivity contribution in [2.24, 2.45) is 0 Å². The van der Waals surface area contributed by atoms with Crippen LogP contribution in [0, 0.1) is 0 Å². The van der Waals surface area contributed by atoms with Crippen molar-refractivity contribution in [1.29, 1.82) is 0 Å². The molecular formula is C14H20N4O5S. The van der Waals surface area contributed by atoms with Crippen molar-refractivity contribution in [2.75, 3.05) is 46.2 Å². The zero-order valence-corrected chi connectivity index (χ0v) is 14.5. The fourth-order valence-corrected chi connectivity index (χ4v) is 3.10. The summed E-state index contributed by atoms with van der Waals surface area (Å²) in [6, 6.07) is 3.89. The molecule has 1 fully saturated rings. The predicted octanol–water partition coefficient (Wildman–Crippen LogP) is -0.0908. The van der Waals surface area contributed by atoms with E-state index in [1.54, 1.807) is 0 Å². The maximum Gasteiger partial charge on any atom is 0.324 e. The number of carbonyl (C=O) groups excluding carboxylic acids is 2. The highest BCUT2D eigenvalue weighted by atomic mass is 32.2. The van der Waals surface area contributed by atoms with Crippen molar-refractivity contribution in [1.82, 2.24) is 14.5 Å². The largest absolute Gasteiger partial charge is 0.495 e. The lowest BCUT2D eigenvalue weighted by Gasteiger charge is -2.17. The molecule has 0 bridgehead atoms. The average molecular weight is 356 g/mol. The van der Waals surface area contributed by atoms with Gasteiger partial charge in [-0.15, -0.1) is 0 Å². The molecule has 0 unspecified atom stereocenters. The summed E-state index contributed by atoms with van der Waals surface area (Å²) in [6.45, 7) is 0.575. The molecule has 1 aliphatic rings. The van der Waals surface area contributed by atoms with Crippen LogP contribution in [0.1, 0.15) is 0 Å². The second-order valence-electron chi connectivity index (χ2n) is 5.28. The third-order valence-electron chi connectivity index (χ3n) is 3.54. The molecule has 2 rings (SSSR count). The van der Waals surface area contributed by atoms with E-state index in [2.05, 4.69) is 10.6 Å². The topological polar surface area (TPSA) is 108 Å². The van der Waals surface area contributed by atoms with Crippen LogP contribution < -0.4 is 15.4 Å². The Hall–Kier alpha value is -2.33. The number of methoxy groups -OCH3 is 1. The summed E-state index contributed by atoms with van der Waals surface area (Å²) in [5, 5.41) is 5.38. The highest BCUT2D eigenvalue weighted by Gasteiger charge is 2.26. The molecule has 9 nitrogen and oxygen atoms in total. The van der Waals surface area contributed by atoms with Gasteiger partial charge in [-0.2, -0.15) is 0 Å². The van der Waals surface area contributed by atoms with Crippen LogP contribution in [0.5, 0.6) is 5.75 Å². The Kier molecular flexibility index (Phi) is 5.30. The average Bonchev–Trinajstić information content (AvgIpc) is 2.98. The van der Waals surface area contributed by atoms with Crippen molar-refractivity contribution < 1.29 is 22.7 Å². The molecule has 3 amide bonds. The van der Waals surface area contributed by atoms with E-state index in [1.807, 2.05) is 0 Å². The summed E-state index contributed by atoms with van der Waals surface area (Å²) in [6.07, 6.45) is 0. The van der Waals surface area contributed by atoms with E-state index in [-0.39, 0.29) is 11.4 Å². The van der Waals surface area contributed by atoms with Crippen LogP contribution in [-0.4, -0.2) is 70.4 Å². The minimum atomic E-state index is -3.61. The van der Waals surface area contributed by atoms with Crippen molar-refractivity contribution in [2.45, 2.75) is 4.90 Å². The summed E-state index contributed by atoms with van der Waals surface area (Å²) >= 11 is 0. The van der Waals surface area contributed by atoms with Crippen molar-refractivity contribution >= 4 is 27.6 Å². The standard InChI is InChI=1S/C14H20N4O5S/c1-17(2)24(21,22)10-4-5-12(23-3)11(8-10)16-9-13(19)18-7-6-15-14(18)20/h4-5,8,16H,6-7,9H2,1-3H3,(H,15,20). The van der Waals surface area contributed by atoms with Crippen LogP contribution in [-0.2, 0) is 14.8 Å². The van der Waals surface area contributed by atoms with Gasteiger partial charge in [-0.3, -0.25) is 9.69 Å². The van der Waals surface area contributed by atoms with Crippen LogP contribution in [0.3, 0.4) is 0 Å². The van der Waals surface area contributed by atoms with Gasteiger partial charge >= 0.3 is 6.03 Å². The second kappa shape index (κ2) is 7.05. The van der Waals surface area contributed by atoms with Crippen LogP contribution in [0.4, 0.5) is 10.5 Å². The van der Waals surface area contributed by atoms with Crippen LogP contribution in [0.15, 0.2) is 23.1 Å². The zero-order chi connectivity index (χ0) is 17.9. The normalized spacial score (nSPS) is 14.7. The number of hydrogen-bond donors (Lipinski definition) is 2. The molecule has 0 radical (unpaired) electrons. The fraction of sp³-hybridized carbons (Fsp3) is 0.429. The number of urea groups is 1. The number of imide groups is 1. The van der Waals surface area contributed by atoms with E-state index >= 15 is 0 Å². The Morgan fingerprint density at radius 2 is 2.12 bits per heavy atom. The van der Waals surface area contributed by atoms with Gasteiger partial charge in [0.05, 0.1) is 24.2 Å². The monoisotopic (exact) mass is 356 g/mol. The first-order valence-corrected chi connectivity index (χ1v) is 8.64. The van der Waals surface area contributed by atoms with E-state index in [1.165, 1.54) is 39.4 Å². The third kappa shape index (κ3) is 3.60. The van der Waals surface area contributed by atoms with E-state index < -0.39 is 22.0 Å². The number of anilines is 1. The number of benzene rings is 1. The lowest BCUT2D eigenvalue weighted by molar-refractivity contribution is -0.125. The maximum atomic E-state index is 12.2. The Morgan fingerprint density at radius 1 is 1.42 bits per heavy atom. The molecule has 0 saturated carbocycles. The first-order chi connectivity index (χ1) is 11.3. The van der Waals surface area contributed by atoms with Gasteiger partial charge < -0.3 is 15.4 Å². The predicted molar refractivity (Wildman–Crippen MR) is 87.5 cm³/mol. The summed E-state index contributed by atoms with van der Waals surface area (Å²) in [5.74, 6) is -0.0145. The zero-order valence-electron chi connectivity index (χ0n) is 13.7. The summed E-state index contributed by atoms with van der Waals surface area (Å²) in [7, 11) is 0.697. The molecule has 0 atom stereocenters. The van der Waals surface area contributed by atoms with Crippen LogP contribution in [0.2, 0.25) is 0 Å². The highest BCUT2D eigenvalue weighted by molar-refractivity contribution is 7.89. The first-order valence-electron chi connectivity index (χ1n) is 7.20. The van der Waals surface area contributed by atoms with Gasteiger partial charge in [-0.05, 0) is 18.2 Å². The second-order valence-corrected chi connectivity index (χ2v) is 7.43. The Balaban J connectivity index is 2.19. The number of nitrogens with zero attached hydrogens (tertiary/aromatic N) is 2. The molecular weight excluding hydrogens is 336 g/mol. The van der Waals surface area contributed by atoms with Gasteiger partial charge in [0.15, 0.2) is 0 Å². The molecule has 0 spiro atoms. The number of rotatable bonds is 6. The summed E-state index contributed by atoms with van der Waals surface area (Å²) in [4.78, 5) is 24.7. The van der Waals surface area contributed by atoms with Gasteiger partial charge in [-0.25, -0.2) is 17.5 Å². The lowest BCUT2D eigenvalue weighted by atomic mass is 10.3. The smallest absolute Gasteiger partial charge is 0.324 e. The van der Waals surface area contributed by atoms with Crippen molar-refractivity contribution in [3.63, 3.8) is 0 Å².